The molecule has 0 amide bonds. The Labute approximate surface area is 134 Å². The van der Waals surface area contributed by atoms with Gasteiger partial charge in [-0.25, -0.2) is 0 Å². The molecule has 5 heteroatoms. The van der Waals surface area contributed by atoms with E-state index in [1.807, 2.05) is 31.2 Å². The summed E-state index contributed by atoms with van der Waals surface area (Å²) < 4.78 is 1.92. The number of hydrogen-bond donors (Lipinski definition) is 2. The fraction of sp³-hybridized carbons (Fsp3) is 0.0714. The predicted molar refractivity (Wildman–Crippen MR) is 92.2 cm³/mol. The highest BCUT2D eigenvalue weighted by Gasteiger charge is 2.09. The van der Waals surface area contributed by atoms with Crippen LogP contribution in [0.4, 0.5) is 11.4 Å². The Morgan fingerprint density at radius 1 is 1.21 bits per heavy atom. The van der Waals surface area contributed by atoms with Crippen LogP contribution in [0.5, 0.6) is 0 Å². The molecule has 0 unspecified atom stereocenters. The lowest BCUT2D eigenvalue weighted by Gasteiger charge is -2.13. The summed E-state index contributed by atoms with van der Waals surface area (Å²) in [4.78, 5) is 0.363. The normalized spacial score (nSPS) is 10.3. The number of nitrogens with two attached hydrogens (primary N) is 1. The molecule has 0 saturated heterocycles. The SMILES string of the molecule is Cc1cc(Br)cc(Nc2cccc(Br)c2C(N)=S)c1. The van der Waals surface area contributed by atoms with Crippen molar-refractivity contribution in [3.05, 3.63) is 56.5 Å². The standard InChI is InChI=1S/C14H12Br2N2S/c1-8-5-9(15)7-10(6-8)18-12-4-2-3-11(16)13(12)14(17)19/h2-7,18H,1H3,(H2,17,19). The van der Waals surface area contributed by atoms with Crippen molar-refractivity contribution in [2.45, 2.75) is 6.92 Å². The highest BCUT2D eigenvalue weighted by Crippen LogP contribution is 2.29. The first-order chi connectivity index (χ1) is 8.97. The maximum atomic E-state index is 5.78. The molecule has 0 heterocycles. The lowest BCUT2D eigenvalue weighted by Crippen LogP contribution is -2.12. The molecule has 0 aliphatic rings. The number of rotatable bonds is 3. The molecular formula is C14H12Br2N2S. The lowest BCUT2D eigenvalue weighted by molar-refractivity contribution is 1.42. The maximum Gasteiger partial charge on any atom is 0.107 e. The van der Waals surface area contributed by atoms with E-state index in [2.05, 4.69) is 49.3 Å². The number of benzene rings is 2. The van der Waals surface area contributed by atoms with Crippen LogP contribution in [0.2, 0.25) is 0 Å². The van der Waals surface area contributed by atoms with Gasteiger partial charge in [0.2, 0.25) is 0 Å². The van der Waals surface area contributed by atoms with Crippen molar-refractivity contribution in [1.29, 1.82) is 0 Å². The monoisotopic (exact) mass is 398 g/mol. The maximum absolute atomic E-state index is 5.78. The summed E-state index contributed by atoms with van der Waals surface area (Å²) in [7, 11) is 0. The molecule has 0 aliphatic heterocycles. The van der Waals surface area contributed by atoms with Crippen molar-refractivity contribution in [3.63, 3.8) is 0 Å². The second-order valence-electron chi connectivity index (χ2n) is 4.17. The zero-order valence-electron chi connectivity index (χ0n) is 10.2. The van der Waals surface area contributed by atoms with Gasteiger partial charge in [0.1, 0.15) is 4.99 Å². The van der Waals surface area contributed by atoms with Crippen LogP contribution >= 0.6 is 44.1 Å². The average Bonchev–Trinajstić information content (AvgIpc) is 2.26. The van der Waals surface area contributed by atoms with Gasteiger partial charge in [0.25, 0.3) is 0 Å². The van der Waals surface area contributed by atoms with E-state index in [1.165, 1.54) is 5.56 Å². The Morgan fingerprint density at radius 2 is 1.95 bits per heavy atom. The largest absolute Gasteiger partial charge is 0.389 e. The highest BCUT2D eigenvalue weighted by atomic mass is 79.9. The van der Waals surface area contributed by atoms with Crippen LogP contribution in [0.1, 0.15) is 11.1 Å². The second-order valence-corrected chi connectivity index (χ2v) is 6.38. The van der Waals surface area contributed by atoms with E-state index in [0.717, 1.165) is 25.9 Å². The van der Waals surface area contributed by atoms with Crippen molar-refractivity contribution in [1.82, 2.24) is 0 Å². The van der Waals surface area contributed by atoms with E-state index in [4.69, 9.17) is 18.0 Å². The summed E-state index contributed by atoms with van der Waals surface area (Å²) in [5, 5.41) is 3.35. The molecule has 0 saturated carbocycles. The van der Waals surface area contributed by atoms with Gasteiger partial charge in [0.05, 0.1) is 0 Å². The van der Waals surface area contributed by atoms with Crippen LogP contribution in [0, 0.1) is 6.92 Å². The minimum Gasteiger partial charge on any atom is -0.389 e. The van der Waals surface area contributed by atoms with Gasteiger partial charge in [-0.1, -0.05) is 34.2 Å². The third kappa shape index (κ3) is 3.55. The van der Waals surface area contributed by atoms with Crippen molar-refractivity contribution >= 4 is 60.4 Å². The first-order valence-corrected chi connectivity index (χ1v) is 7.59. The summed E-state index contributed by atoms with van der Waals surface area (Å²) in [6, 6.07) is 12.0. The van der Waals surface area contributed by atoms with Gasteiger partial charge in [0.15, 0.2) is 0 Å². The molecule has 19 heavy (non-hydrogen) atoms. The summed E-state index contributed by atoms with van der Waals surface area (Å²) >= 11 is 12.1. The van der Waals surface area contributed by atoms with Gasteiger partial charge in [-0.3, -0.25) is 0 Å². The van der Waals surface area contributed by atoms with Gasteiger partial charge < -0.3 is 11.1 Å². The Kier molecular flexibility index (Phi) is 4.60. The van der Waals surface area contributed by atoms with Gasteiger partial charge in [0, 0.05) is 25.9 Å². The third-order valence-electron chi connectivity index (χ3n) is 2.58. The lowest BCUT2D eigenvalue weighted by atomic mass is 10.1. The number of halogens is 2. The van der Waals surface area contributed by atoms with Crippen molar-refractivity contribution in [2.24, 2.45) is 5.73 Å². The number of thiocarbonyl (C=S) groups is 1. The molecule has 2 aromatic carbocycles. The molecule has 98 valence electrons. The molecule has 0 atom stereocenters. The molecule has 2 rings (SSSR count). The highest BCUT2D eigenvalue weighted by molar-refractivity contribution is 9.10. The summed E-state index contributed by atoms with van der Waals surface area (Å²) in [6.07, 6.45) is 0. The number of aryl methyl sites for hydroxylation is 1. The van der Waals surface area contributed by atoms with Crippen molar-refractivity contribution in [3.8, 4) is 0 Å². The van der Waals surface area contributed by atoms with Crippen LogP contribution in [0.15, 0.2) is 45.3 Å². The first kappa shape index (κ1) is 14.5. The van der Waals surface area contributed by atoms with E-state index in [-0.39, 0.29) is 0 Å². The molecule has 0 aromatic heterocycles. The predicted octanol–water partition coefficient (Wildman–Crippen LogP) is 4.90. The minimum absolute atomic E-state index is 0.363. The zero-order valence-corrected chi connectivity index (χ0v) is 14.2. The smallest absolute Gasteiger partial charge is 0.107 e. The zero-order chi connectivity index (χ0) is 14.0. The fourth-order valence-corrected chi connectivity index (χ4v) is 3.38. The van der Waals surface area contributed by atoms with Gasteiger partial charge >= 0.3 is 0 Å². The Balaban J connectivity index is 2.43. The van der Waals surface area contributed by atoms with Gasteiger partial charge in [-0.05, 0) is 58.7 Å². The number of hydrogen-bond acceptors (Lipinski definition) is 2. The molecular weight excluding hydrogens is 388 g/mol. The first-order valence-electron chi connectivity index (χ1n) is 5.60. The summed E-state index contributed by atoms with van der Waals surface area (Å²) in [6.45, 7) is 2.05. The molecule has 0 fully saturated rings. The Hall–Kier alpha value is -0.910. The molecule has 0 aliphatic carbocycles. The molecule has 0 radical (unpaired) electrons. The Bertz CT molecular complexity index is 621. The molecule has 2 aromatic rings. The second kappa shape index (κ2) is 6.03. The minimum atomic E-state index is 0.363. The van der Waals surface area contributed by atoms with Gasteiger partial charge in [-0.15, -0.1) is 0 Å². The van der Waals surface area contributed by atoms with Gasteiger partial charge in [-0.2, -0.15) is 0 Å². The fourth-order valence-electron chi connectivity index (χ4n) is 1.84. The molecule has 0 bridgehead atoms. The summed E-state index contributed by atoms with van der Waals surface area (Å²) in [5.41, 5.74) is 9.64. The summed E-state index contributed by atoms with van der Waals surface area (Å²) in [5.74, 6) is 0. The van der Waals surface area contributed by atoms with E-state index in [1.54, 1.807) is 0 Å². The third-order valence-corrected chi connectivity index (χ3v) is 3.90. The average molecular weight is 400 g/mol. The van der Waals surface area contributed by atoms with Crippen LogP contribution in [0.3, 0.4) is 0 Å². The van der Waals surface area contributed by atoms with E-state index >= 15 is 0 Å². The van der Waals surface area contributed by atoms with E-state index in [9.17, 15) is 0 Å². The van der Waals surface area contributed by atoms with Crippen LogP contribution in [-0.4, -0.2) is 4.99 Å². The van der Waals surface area contributed by atoms with E-state index < -0.39 is 0 Å². The van der Waals surface area contributed by atoms with E-state index in [0.29, 0.717) is 4.99 Å². The number of nitrogens with one attached hydrogen (secondary N) is 1. The number of anilines is 2. The van der Waals surface area contributed by atoms with Crippen LogP contribution in [0.25, 0.3) is 0 Å². The molecule has 2 nitrogen and oxygen atoms in total. The molecule has 0 spiro atoms. The molecule has 3 N–H and O–H groups in total. The quantitative estimate of drug-likeness (QED) is 0.721. The van der Waals surface area contributed by atoms with Crippen molar-refractivity contribution < 1.29 is 0 Å². The van der Waals surface area contributed by atoms with Crippen LogP contribution in [-0.2, 0) is 0 Å². The Morgan fingerprint density at radius 3 is 2.58 bits per heavy atom. The van der Waals surface area contributed by atoms with Crippen molar-refractivity contribution in [2.75, 3.05) is 5.32 Å². The topological polar surface area (TPSA) is 38.0 Å². The van der Waals surface area contributed by atoms with Crippen LogP contribution < -0.4 is 11.1 Å².